The summed E-state index contributed by atoms with van der Waals surface area (Å²) in [5.74, 6) is 0.403. The van der Waals surface area contributed by atoms with Crippen molar-refractivity contribution in [3.05, 3.63) is 35.4 Å². The van der Waals surface area contributed by atoms with Gasteiger partial charge in [0.15, 0.2) is 0 Å². The quantitative estimate of drug-likeness (QED) is 0.847. The predicted octanol–water partition coefficient (Wildman–Crippen LogP) is 2.89. The van der Waals surface area contributed by atoms with E-state index >= 15 is 0 Å². The number of halogens is 3. The summed E-state index contributed by atoms with van der Waals surface area (Å²) in [5.41, 5.74) is 0.0649. The van der Waals surface area contributed by atoms with Crippen molar-refractivity contribution in [2.75, 3.05) is 25.4 Å². The van der Waals surface area contributed by atoms with Gasteiger partial charge < -0.3 is 10.2 Å². The smallest absolute Gasteiger partial charge is 0.325 e. The summed E-state index contributed by atoms with van der Waals surface area (Å²) in [4.78, 5) is 13.6. The predicted molar refractivity (Wildman–Crippen MR) is 76.9 cm³/mol. The number of hydrogen-bond acceptors (Lipinski definition) is 3. The van der Waals surface area contributed by atoms with Crippen molar-refractivity contribution in [3.8, 4) is 0 Å². The second-order valence-electron chi connectivity index (χ2n) is 4.72. The molecule has 1 aliphatic heterocycles. The molecule has 0 bridgehead atoms. The number of likely N-dealkylation sites (N-methyl/N-ethyl adjacent to an activating group) is 1. The Balaban J connectivity index is 2.10. The largest absolute Gasteiger partial charge is 0.416 e. The van der Waals surface area contributed by atoms with Gasteiger partial charge in [-0.25, -0.2) is 0 Å². The molecule has 7 heteroatoms. The van der Waals surface area contributed by atoms with E-state index < -0.39 is 11.7 Å². The Morgan fingerprint density at radius 1 is 1.33 bits per heavy atom. The molecule has 1 unspecified atom stereocenters. The molecule has 0 radical (unpaired) electrons. The minimum atomic E-state index is -4.33. The van der Waals surface area contributed by atoms with Crippen LogP contribution < -0.4 is 5.32 Å². The van der Waals surface area contributed by atoms with Crippen LogP contribution in [0.2, 0.25) is 0 Å². The molecule has 1 aliphatic rings. The Morgan fingerprint density at radius 2 is 2.00 bits per heavy atom. The Morgan fingerprint density at radius 3 is 2.57 bits per heavy atom. The van der Waals surface area contributed by atoms with Gasteiger partial charge in [0.25, 0.3) is 0 Å². The van der Waals surface area contributed by atoms with E-state index in [1.807, 2.05) is 6.92 Å². The molecule has 0 spiro atoms. The van der Waals surface area contributed by atoms with Crippen molar-refractivity contribution in [2.45, 2.75) is 18.5 Å². The highest BCUT2D eigenvalue weighted by atomic mass is 32.2. The maximum absolute atomic E-state index is 12.6. The molecule has 1 aromatic carbocycles. The average Bonchev–Trinajstić information content (AvgIpc) is 2.80. The maximum Gasteiger partial charge on any atom is 0.416 e. The summed E-state index contributed by atoms with van der Waals surface area (Å²) in [6, 6.07) is 5.06. The molecule has 0 aromatic heterocycles. The van der Waals surface area contributed by atoms with E-state index in [-0.39, 0.29) is 11.3 Å². The average molecular weight is 318 g/mol. The number of thioether (sulfide) groups is 1. The van der Waals surface area contributed by atoms with Crippen LogP contribution in [0.1, 0.15) is 23.4 Å². The van der Waals surface area contributed by atoms with Gasteiger partial charge in [-0.1, -0.05) is 19.1 Å². The summed E-state index contributed by atoms with van der Waals surface area (Å²) in [6.07, 6.45) is -4.33. The van der Waals surface area contributed by atoms with E-state index in [0.29, 0.717) is 18.8 Å². The number of carbonyl (C=O) groups excluding carboxylic acids is 1. The van der Waals surface area contributed by atoms with Gasteiger partial charge >= 0.3 is 6.18 Å². The van der Waals surface area contributed by atoms with Crippen molar-refractivity contribution in [2.24, 2.45) is 0 Å². The Labute approximate surface area is 125 Å². The highest BCUT2D eigenvalue weighted by Crippen LogP contribution is 2.39. The molecule has 1 atom stereocenters. The summed E-state index contributed by atoms with van der Waals surface area (Å²) in [6.45, 7) is 4.04. The van der Waals surface area contributed by atoms with E-state index in [4.69, 9.17) is 0 Å². The monoisotopic (exact) mass is 318 g/mol. The lowest BCUT2D eigenvalue weighted by molar-refractivity contribution is -0.137. The molecule has 1 saturated heterocycles. The van der Waals surface area contributed by atoms with Gasteiger partial charge in [-0.2, -0.15) is 13.2 Å². The van der Waals surface area contributed by atoms with Crippen LogP contribution >= 0.6 is 11.8 Å². The first kappa shape index (κ1) is 16.2. The van der Waals surface area contributed by atoms with Crippen molar-refractivity contribution in [1.29, 1.82) is 0 Å². The second kappa shape index (κ2) is 6.70. The van der Waals surface area contributed by atoms with Crippen LogP contribution in [0.15, 0.2) is 24.3 Å². The number of nitrogens with zero attached hydrogens (tertiary/aromatic N) is 1. The summed E-state index contributed by atoms with van der Waals surface area (Å²) >= 11 is 1.45. The van der Waals surface area contributed by atoms with E-state index in [2.05, 4.69) is 5.32 Å². The SMILES string of the molecule is CCNCCN1C(=O)CSC1c1ccc(C(F)(F)F)cc1. The maximum atomic E-state index is 12.6. The third-order valence-electron chi connectivity index (χ3n) is 3.27. The number of benzene rings is 1. The molecule has 0 saturated carbocycles. The molecular formula is C14H17F3N2OS. The molecule has 1 amide bonds. The molecule has 0 aliphatic carbocycles. The zero-order valence-corrected chi connectivity index (χ0v) is 12.4. The van der Waals surface area contributed by atoms with Crippen LogP contribution in [-0.2, 0) is 11.0 Å². The highest BCUT2D eigenvalue weighted by molar-refractivity contribution is 8.00. The Kier molecular flexibility index (Phi) is 5.16. The molecule has 1 aromatic rings. The van der Waals surface area contributed by atoms with Gasteiger partial charge in [0.2, 0.25) is 5.91 Å². The van der Waals surface area contributed by atoms with Gasteiger partial charge in [-0.05, 0) is 24.2 Å². The Bertz CT molecular complexity index is 490. The molecule has 1 N–H and O–H groups in total. The topological polar surface area (TPSA) is 32.3 Å². The van der Waals surface area contributed by atoms with E-state index in [1.165, 1.54) is 23.9 Å². The van der Waals surface area contributed by atoms with Gasteiger partial charge in [0, 0.05) is 13.1 Å². The highest BCUT2D eigenvalue weighted by Gasteiger charge is 2.34. The molecule has 21 heavy (non-hydrogen) atoms. The van der Waals surface area contributed by atoms with Gasteiger partial charge in [-0.15, -0.1) is 11.8 Å². The van der Waals surface area contributed by atoms with Gasteiger partial charge in [0.1, 0.15) is 5.37 Å². The summed E-state index contributed by atoms with van der Waals surface area (Å²) in [5, 5.41) is 2.95. The third kappa shape index (κ3) is 3.91. The second-order valence-corrected chi connectivity index (χ2v) is 5.79. The summed E-state index contributed by atoms with van der Waals surface area (Å²) in [7, 11) is 0. The minimum Gasteiger partial charge on any atom is -0.325 e. The lowest BCUT2D eigenvalue weighted by Crippen LogP contribution is -2.35. The normalized spacial score (nSPS) is 19.3. The van der Waals surface area contributed by atoms with Crippen LogP contribution in [0, 0.1) is 0 Å². The van der Waals surface area contributed by atoms with E-state index in [9.17, 15) is 18.0 Å². The summed E-state index contributed by atoms with van der Waals surface area (Å²) < 4.78 is 37.7. The van der Waals surface area contributed by atoms with E-state index in [1.54, 1.807) is 4.90 Å². The van der Waals surface area contributed by atoms with Crippen molar-refractivity contribution < 1.29 is 18.0 Å². The first-order valence-corrected chi connectivity index (χ1v) is 7.77. The molecular weight excluding hydrogens is 301 g/mol. The van der Waals surface area contributed by atoms with Crippen LogP contribution in [0.5, 0.6) is 0 Å². The molecule has 1 heterocycles. The zero-order valence-electron chi connectivity index (χ0n) is 11.6. The first-order chi connectivity index (χ1) is 9.93. The number of hydrogen-bond donors (Lipinski definition) is 1. The number of rotatable bonds is 5. The zero-order chi connectivity index (χ0) is 15.5. The third-order valence-corrected chi connectivity index (χ3v) is 4.53. The van der Waals surface area contributed by atoms with Crippen LogP contribution in [0.4, 0.5) is 13.2 Å². The lowest BCUT2D eigenvalue weighted by Gasteiger charge is -2.24. The molecule has 1 fully saturated rings. The molecule has 2 rings (SSSR count). The van der Waals surface area contributed by atoms with Crippen molar-refractivity contribution >= 4 is 17.7 Å². The standard InChI is InChI=1S/C14H17F3N2OS/c1-2-18-7-8-19-12(20)9-21-13(19)10-3-5-11(6-4-10)14(15,16)17/h3-6,13,18H,2,7-9H2,1H3. The van der Waals surface area contributed by atoms with Crippen molar-refractivity contribution in [3.63, 3.8) is 0 Å². The van der Waals surface area contributed by atoms with E-state index in [0.717, 1.165) is 24.2 Å². The first-order valence-electron chi connectivity index (χ1n) is 6.72. The van der Waals surface area contributed by atoms with Crippen molar-refractivity contribution in [1.82, 2.24) is 10.2 Å². The number of nitrogens with one attached hydrogen (secondary N) is 1. The minimum absolute atomic E-state index is 0.0304. The lowest BCUT2D eigenvalue weighted by atomic mass is 10.1. The van der Waals surface area contributed by atoms with Gasteiger partial charge in [-0.3, -0.25) is 4.79 Å². The Hall–Kier alpha value is -1.21. The fraction of sp³-hybridized carbons (Fsp3) is 0.500. The molecule has 3 nitrogen and oxygen atoms in total. The number of alkyl halides is 3. The number of amides is 1. The molecule has 116 valence electrons. The van der Waals surface area contributed by atoms with Crippen LogP contribution in [0.25, 0.3) is 0 Å². The van der Waals surface area contributed by atoms with Crippen LogP contribution in [0.3, 0.4) is 0 Å². The van der Waals surface area contributed by atoms with Crippen LogP contribution in [-0.4, -0.2) is 36.2 Å². The fourth-order valence-corrected chi connectivity index (χ4v) is 3.40. The van der Waals surface area contributed by atoms with Gasteiger partial charge in [0.05, 0.1) is 11.3 Å². The fourth-order valence-electron chi connectivity index (χ4n) is 2.19. The number of carbonyl (C=O) groups is 1.